The van der Waals surface area contributed by atoms with Crippen molar-refractivity contribution in [3.8, 4) is 6.07 Å². The zero-order valence-electron chi connectivity index (χ0n) is 15.1. The maximum atomic E-state index is 12.2. The van der Waals surface area contributed by atoms with Crippen LogP contribution in [0.15, 0.2) is 53.4 Å². The van der Waals surface area contributed by atoms with Gasteiger partial charge in [0.25, 0.3) is 5.91 Å². The van der Waals surface area contributed by atoms with Gasteiger partial charge in [0.15, 0.2) is 6.61 Å². The first kappa shape index (κ1) is 21.1. The second kappa shape index (κ2) is 9.64. The summed E-state index contributed by atoms with van der Waals surface area (Å²) < 4.78 is 31.3. The van der Waals surface area contributed by atoms with Gasteiger partial charge in [-0.15, -0.1) is 0 Å². The molecule has 0 heterocycles. The van der Waals surface area contributed by atoms with Gasteiger partial charge in [-0.1, -0.05) is 37.3 Å². The zero-order chi connectivity index (χ0) is 20.6. The minimum absolute atomic E-state index is 0.0441. The molecule has 0 radical (unpaired) electrons. The number of hydrogen-bond acceptors (Lipinski definition) is 6. The lowest BCUT2D eigenvalue weighted by Gasteiger charge is -2.10. The van der Waals surface area contributed by atoms with Gasteiger partial charge in [-0.05, 0) is 30.2 Å². The molecule has 0 spiro atoms. The van der Waals surface area contributed by atoms with Crippen molar-refractivity contribution in [2.24, 2.45) is 0 Å². The predicted octanol–water partition coefficient (Wildman–Crippen LogP) is 1.58. The van der Waals surface area contributed by atoms with Crippen molar-refractivity contribution in [2.45, 2.75) is 18.2 Å². The largest absolute Gasteiger partial charge is 0.455 e. The second-order valence-corrected chi connectivity index (χ2v) is 7.39. The molecule has 0 unspecified atom stereocenters. The lowest BCUT2D eigenvalue weighted by atomic mass is 10.1. The Morgan fingerprint density at radius 1 is 1.11 bits per heavy atom. The normalized spacial score (nSPS) is 10.7. The van der Waals surface area contributed by atoms with Crippen LogP contribution in [0.4, 0.5) is 5.69 Å². The number of aryl methyl sites for hydroxylation is 1. The Balaban J connectivity index is 1.87. The summed E-state index contributed by atoms with van der Waals surface area (Å²) in [6, 6.07) is 14.6. The average molecular weight is 401 g/mol. The molecule has 0 saturated heterocycles. The molecular formula is C19H19N3O5S. The van der Waals surface area contributed by atoms with Gasteiger partial charge in [-0.2, -0.15) is 9.98 Å². The minimum Gasteiger partial charge on any atom is -0.455 e. The van der Waals surface area contributed by atoms with E-state index in [0.717, 1.165) is 12.0 Å². The molecule has 0 saturated carbocycles. The molecule has 0 atom stereocenters. The molecule has 8 nitrogen and oxygen atoms in total. The molecule has 1 amide bonds. The number of ether oxygens (including phenoxy) is 1. The van der Waals surface area contributed by atoms with Crippen LogP contribution in [0.1, 0.15) is 18.1 Å². The molecule has 2 rings (SSSR count). The van der Waals surface area contributed by atoms with E-state index in [-0.39, 0.29) is 10.5 Å². The van der Waals surface area contributed by atoms with E-state index in [1.165, 1.54) is 24.3 Å². The number of rotatable bonds is 8. The highest BCUT2D eigenvalue weighted by Gasteiger charge is 2.20. The van der Waals surface area contributed by atoms with Crippen LogP contribution in [0.25, 0.3) is 0 Å². The van der Waals surface area contributed by atoms with Crippen LogP contribution < -0.4 is 10.0 Å². The highest BCUT2D eigenvalue weighted by molar-refractivity contribution is 7.89. The molecule has 0 aliphatic heterocycles. The third-order valence-electron chi connectivity index (χ3n) is 3.74. The molecule has 146 valence electrons. The van der Waals surface area contributed by atoms with Gasteiger partial charge in [0.2, 0.25) is 10.0 Å². The number of carbonyl (C=O) groups is 2. The third kappa shape index (κ3) is 5.64. The topological polar surface area (TPSA) is 125 Å². The maximum absolute atomic E-state index is 12.2. The Kier molecular flexibility index (Phi) is 7.26. The Morgan fingerprint density at radius 2 is 1.79 bits per heavy atom. The first-order chi connectivity index (χ1) is 13.4. The predicted molar refractivity (Wildman–Crippen MR) is 102 cm³/mol. The summed E-state index contributed by atoms with van der Waals surface area (Å²) in [5.41, 5.74) is 1.52. The molecular weight excluding hydrogens is 382 g/mol. The number of carbonyl (C=O) groups excluding carboxylic acids is 2. The number of hydrogen-bond donors (Lipinski definition) is 2. The standard InChI is InChI=1S/C19H19N3O5S/c1-2-14-7-3-5-9-16(14)22-18(23)13-27-19(24)12-21-28(25,26)17-10-6-4-8-15(17)11-20/h3-10,21H,2,12-13H2,1H3,(H,22,23). The number of benzene rings is 2. The fourth-order valence-electron chi connectivity index (χ4n) is 2.36. The SMILES string of the molecule is CCc1ccccc1NC(=O)COC(=O)CNS(=O)(=O)c1ccccc1C#N. The molecule has 2 aromatic rings. The van der Waals surface area contributed by atoms with Gasteiger partial charge in [-0.25, -0.2) is 8.42 Å². The van der Waals surface area contributed by atoms with Gasteiger partial charge in [0.05, 0.1) is 10.5 Å². The van der Waals surface area contributed by atoms with E-state index in [1.807, 2.05) is 19.1 Å². The third-order valence-corrected chi connectivity index (χ3v) is 5.20. The maximum Gasteiger partial charge on any atom is 0.321 e. The van der Waals surface area contributed by atoms with Crippen LogP contribution in [-0.2, 0) is 30.8 Å². The van der Waals surface area contributed by atoms with Gasteiger partial charge < -0.3 is 10.1 Å². The van der Waals surface area contributed by atoms with Crippen molar-refractivity contribution in [1.29, 1.82) is 5.26 Å². The Morgan fingerprint density at radius 3 is 2.50 bits per heavy atom. The van der Waals surface area contributed by atoms with Crippen molar-refractivity contribution >= 4 is 27.6 Å². The number of nitrogens with one attached hydrogen (secondary N) is 2. The number of amides is 1. The summed E-state index contributed by atoms with van der Waals surface area (Å²) >= 11 is 0. The first-order valence-corrected chi connectivity index (χ1v) is 9.88. The number of para-hydroxylation sites is 1. The first-order valence-electron chi connectivity index (χ1n) is 8.39. The highest BCUT2D eigenvalue weighted by Crippen LogP contribution is 2.15. The van der Waals surface area contributed by atoms with Crippen LogP contribution in [0.2, 0.25) is 0 Å². The van der Waals surface area contributed by atoms with Crippen molar-refractivity contribution in [2.75, 3.05) is 18.5 Å². The van der Waals surface area contributed by atoms with E-state index in [9.17, 15) is 18.0 Å². The average Bonchev–Trinajstić information content (AvgIpc) is 2.71. The second-order valence-electron chi connectivity index (χ2n) is 5.65. The number of sulfonamides is 1. The van der Waals surface area contributed by atoms with Crippen molar-refractivity contribution in [1.82, 2.24) is 4.72 Å². The van der Waals surface area contributed by atoms with E-state index < -0.39 is 35.1 Å². The molecule has 0 aromatic heterocycles. The number of nitrogens with zero attached hydrogens (tertiary/aromatic N) is 1. The summed E-state index contributed by atoms with van der Waals surface area (Å²) in [7, 11) is -4.07. The van der Waals surface area contributed by atoms with Gasteiger partial charge >= 0.3 is 5.97 Å². The van der Waals surface area contributed by atoms with E-state index >= 15 is 0 Å². The Labute approximate surface area is 163 Å². The highest BCUT2D eigenvalue weighted by atomic mass is 32.2. The Bertz CT molecular complexity index is 1010. The summed E-state index contributed by atoms with van der Waals surface area (Å²) in [6.07, 6.45) is 0.724. The van der Waals surface area contributed by atoms with Crippen LogP contribution in [-0.4, -0.2) is 33.4 Å². The molecule has 28 heavy (non-hydrogen) atoms. The van der Waals surface area contributed by atoms with E-state index in [4.69, 9.17) is 10.00 Å². The van der Waals surface area contributed by atoms with Gasteiger partial charge in [0.1, 0.15) is 12.6 Å². The quantitative estimate of drug-likeness (QED) is 0.647. The van der Waals surface area contributed by atoms with E-state index in [0.29, 0.717) is 5.69 Å². The van der Waals surface area contributed by atoms with Crippen molar-refractivity contribution in [3.63, 3.8) is 0 Å². The number of anilines is 1. The molecule has 0 aliphatic carbocycles. The molecule has 2 N–H and O–H groups in total. The number of nitriles is 1. The molecule has 0 fully saturated rings. The fraction of sp³-hybridized carbons (Fsp3) is 0.211. The summed E-state index contributed by atoms with van der Waals surface area (Å²) in [4.78, 5) is 23.5. The van der Waals surface area contributed by atoms with E-state index in [2.05, 4.69) is 10.0 Å². The zero-order valence-corrected chi connectivity index (χ0v) is 16.0. The fourth-order valence-corrected chi connectivity index (χ4v) is 3.48. The van der Waals surface area contributed by atoms with Gasteiger partial charge in [-0.3, -0.25) is 9.59 Å². The van der Waals surface area contributed by atoms with Crippen molar-refractivity contribution in [3.05, 3.63) is 59.7 Å². The molecule has 0 aliphatic rings. The smallest absolute Gasteiger partial charge is 0.321 e. The molecule has 2 aromatic carbocycles. The summed E-state index contributed by atoms with van der Waals surface area (Å²) in [6.45, 7) is 0.732. The van der Waals surface area contributed by atoms with E-state index in [1.54, 1.807) is 18.2 Å². The Hall–Kier alpha value is -3.22. The lowest BCUT2D eigenvalue weighted by Crippen LogP contribution is -2.32. The summed E-state index contributed by atoms with van der Waals surface area (Å²) in [5, 5.41) is 11.6. The van der Waals surface area contributed by atoms with Crippen LogP contribution in [0.3, 0.4) is 0 Å². The van der Waals surface area contributed by atoms with Crippen molar-refractivity contribution < 1.29 is 22.7 Å². The minimum atomic E-state index is -4.07. The van der Waals surface area contributed by atoms with Crippen LogP contribution in [0.5, 0.6) is 0 Å². The van der Waals surface area contributed by atoms with Gasteiger partial charge in [0, 0.05) is 5.69 Å². The summed E-state index contributed by atoms with van der Waals surface area (Å²) in [5.74, 6) is -1.45. The monoisotopic (exact) mass is 401 g/mol. The van der Waals surface area contributed by atoms with Crippen LogP contribution in [0, 0.1) is 11.3 Å². The molecule has 0 bridgehead atoms. The molecule has 9 heteroatoms. The lowest BCUT2D eigenvalue weighted by molar-refractivity contribution is -0.146. The number of esters is 1. The van der Waals surface area contributed by atoms with Crippen LogP contribution >= 0.6 is 0 Å².